The van der Waals surface area contributed by atoms with Gasteiger partial charge in [0.05, 0.1) is 46.2 Å². The Kier molecular flexibility index (Phi) is 8.35. The van der Waals surface area contributed by atoms with Crippen LogP contribution in [-0.4, -0.2) is 39.2 Å². The highest BCUT2D eigenvalue weighted by atomic mass is 16.5. The van der Waals surface area contributed by atoms with E-state index in [1.165, 1.54) is 19.2 Å². The summed E-state index contributed by atoms with van der Waals surface area (Å²) in [5, 5.41) is 29.9. The number of ether oxygens (including phenoxy) is 1. The molecule has 0 atom stereocenters. The Morgan fingerprint density at radius 1 is 0.755 bits per heavy atom. The standard InChI is InChI=1S/C42H30N4O7/c1-52-42(51)26-11-3-2-10-25(26)36-27-15-18-34(47)29(21-44-31-12-4-7-23-9-6-20-43-37(23)31)39(27)53-40-28(36)16-19-35(48)30(40)22-45-32-13-5-8-24-14-17-33(41(49)50)46-38(24)32/h2-20,44-45,47H,21-22H2,1H3,(H,49,50). The number of aromatic carboxylic acids is 1. The van der Waals surface area contributed by atoms with E-state index in [9.17, 15) is 24.6 Å². The fraction of sp³-hybridized carbons (Fsp3) is 0.0714. The number of aromatic hydroxyl groups is 1. The van der Waals surface area contributed by atoms with Gasteiger partial charge in [-0.25, -0.2) is 14.6 Å². The molecular weight excluding hydrogens is 672 g/mol. The number of phenols is 1. The van der Waals surface area contributed by atoms with Crippen LogP contribution in [0.2, 0.25) is 0 Å². The lowest BCUT2D eigenvalue weighted by atomic mass is 9.88. The molecule has 0 unspecified atom stereocenters. The van der Waals surface area contributed by atoms with E-state index in [1.807, 2.05) is 42.5 Å². The quantitative estimate of drug-likeness (QED) is 0.0849. The van der Waals surface area contributed by atoms with Gasteiger partial charge in [0, 0.05) is 46.6 Å². The number of para-hydroxylation sites is 2. The van der Waals surface area contributed by atoms with Crippen LogP contribution >= 0.6 is 0 Å². The van der Waals surface area contributed by atoms with Crippen molar-refractivity contribution in [3.63, 3.8) is 0 Å². The Labute approximate surface area is 301 Å². The molecule has 2 aliphatic rings. The van der Waals surface area contributed by atoms with E-state index < -0.39 is 11.9 Å². The van der Waals surface area contributed by atoms with Gasteiger partial charge in [0.25, 0.3) is 0 Å². The summed E-state index contributed by atoms with van der Waals surface area (Å²) in [5.74, 6) is -1.50. The average molecular weight is 703 g/mol. The summed E-state index contributed by atoms with van der Waals surface area (Å²) < 4.78 is 11.9. The van der Waals surface area contributed by atoms with Gasteiger partial charge in [0.15, 0.2) is 5.43 Å². The lowest BCUT2D eigenvalue weighted by Gasteiger charge is -2.21. The number of benzene rings is 5. The molecule has 1 aliphatic carbocycles. The van der Waals surface area contributed by atoms with Crippen LogP contribution in [0.3, 0.4) is 0 Å². The average Bonchev–Trinajstić information content (AvgIpc) is 3.18. The number of methoxy groups -OCH3 is 1. The first-order valence-corrected chi connectivity index (χ1v) is 16.7. The molecule has 0 fully saturated rings. The summed E-state index contributed by atoms with van der Waals surface area (Å²) in [6.45, 7) is 0.111. The zero-order chi connectivity index (χ0) is 36.6. The van der Waals surface area contributed by atoms with Crippen molar-refractivity contribution < 1.29 is 29.0 Å². The molecule has 3 heterocycles. The Hall–Kier alpha value is -7.27. The van der Waals surface area contributed by atoms with Gasteiger partial charge in [-0.3, -0.25) is 9.78 Å². The summed E-state index contributed by atoms with van der Waals surface area (Å²) in [6.07, 6.45) is 1.71. The first kappa shape index (κ1) is 32.9. The van der Waals surface area contributed by atoms with Crippen molar-refractivity contribution in [2.24, 2.45) is 0 Å². The smallest absolute Gasteiger partial charge is 0.354 e. The number of carbonyl (C=O) groups is 2. The highest BCUT2D eigenvalue weighted by Crippen LogP contribution is 2.45. The number of carboxylic acids is 1. The number of carboxylic acid groups (broad SMARTS) is 1. The number of carbonyl (C=O) groups excluding carboxylic acids is 1. The molecule has 6 aromatic rings. The molecule has 53 heavy (non-hydrogen) atoms. The van der Waals surface area contributed by atoms with Crippen molar-refractivity contribution in [2.45, 2.75) is 13.1 Å². The summed E-state index contributed by atoms with van der Waals surface area (Å²) in [6, 6.07) is 31.5. The molecule has 11 heteroatoms. The normalized spacial score (nSPS) is 11.3. The predicted octanol–water partition coefficient (Wildman–Crippen LogP) is 8.08. The van der Waals surface area contributed by atoms with E-state index in [0.717, 1.165) is 16.6 Å². The minimum atomic E-state index is -1.16. The molecule has 4 N–H and O–H groups in total. The number of phenolic OH excluding ortho intramolecular Hbond substituents is 1. The van der Waals surface area contributed by atoms with Crippen LogP contribution in [0.5, 0.6) is 5.75 Å². The van der Waals surface area contributed by atoms with Crippen molar-refractivity contribution in [3.05, 3.63) is 148 Å². The predicted molar refractivity (Wildman–Crippen MR) is 203 cm³/mol. The minimum absolute atomic E-state index is 0.0184. The van der Waals surface area contributed by atoms with Crippen molar-refractivity contribution >= 4 is 56.1 Å². The first-order valence-electron chi connectivity index (χ1n) is 16.7. The second-order valence-electron chi connectivity index (χ2n) is 12.3. The molecule has 11 nitrogen and oxygen atoms in total. The van der Waals surface area contributed by atoms with Gasteiger partial charge in [-0.1, -0.05) is 54.6 Å². The van der Waals surface area contributed by atoms with E-state index in [2.05, 4.69) is 20.6 Å². The van der Waals surface area contributed by atoms with Gasteiger partial charge in [-0.05, 0) is 60.2 Å². The van der Waals surface area contributed by atoms with E-state index >= 15 is 0 Å². The van der Waals surface area contributed by atoms with Crippen molar-refractivity contribution in [1.82, 2.24) is 9.97 Å². The Morgan fingerprint density at radius 3 is 2.25 bits per heavy atom. The number of nitrogens with one attached hydrogen (secondary N) is 2. The van der Waals surface area contributed by atoms with Gasteiger partial charge in [-0.2, -0.15) is 0 Å². The number of esters is 1. The summed E-state index contributed by atoms with van der Waals surface area (Å²) >= 11 is 0. The molecule has 260 valence electrons. The third-order valence-corrected chi connectivity index (χ3v) is 9.28. The Morgan fingerprint density at radius 2 is 1.47 bits per heavy atom. The highest BCUT2D eigenvalue weighted by Gasteiger charge is 2.27. The largest absolute Gasteiger partial charge is 0.507 e. The van der Waals surface area contributed by atoms with E-state index in [1.54, 1.807) is 60.8 Å². The zero-order valence-corrected chi connectivity index (χ0v) is 28.2. The van der Waals surface area contributed by atoms with Gasteiger partial charge in [0.1, 0.15) is 22.8 Å². The fourth-order valence-corrected chi connectivity index (χ4v) is 6.74. The van der Waals surface area contributed by atoms with E-state index in [4.69, 9.17) is 9.15 Å². The number of hydrogen-bond acceptors (Lipinski definition) is 10. The number of nitrogens with zero attached hydrogens (tertiary/aromatic N) is 2. The van der Waals surface area contributed by atoms with Crippen LogP contribution in [0.1, 0.15) is 32.0 Å². The lowest BCUT2D eigenvalue weighted by Crippen LogP contribution is -2.15. The van der Waals surface area contributed by atoms with Gasteiger partial charge >= 0.3 is 11.9 Å². The molecule has 0 saturated heterocycles. The monoisotopic (exact) mass is 702 g/mol. The molecule has 0 radical (unpaired) electrons. The van der Waals surface area contributed by atoms with Crippen LogP contribution in [0.25, 0.3) is 55.2 Å². The molecular formula is C42H30N4O7. The van der Waals surface area contributed by atoms with Gasteiger partial charge < -0.3 is 30.0 Å². The number of pyridine rings is 2. The number of hydrogen-bond donors (Lipinski definition) is 4. The zero-order valence-electron chi connectivity index (χ0n) is 28.2. The number of fused-ring (bicyclic) bond motifs is 4. The van der Waals surface area contributed by atoms with Crippen LogP contribution in [-0.2, 0) is 17.8 Å². The summed E-state index contributed by atoms with van der Waals surface area (Å²) in [5.41, 5.74) is 5.03. The topological polar surface area (TPSA) is 164 Å². The van der Waals surface area contributed by atoms with Crippen LogP contribution < -0.4 is 16.1 Å². The SMILES string of the molecule is COC(=O)c1ccccc1-c1c2ccc(=O)c(CNc3cccc4ccc(C(=O)O)nc34)c-2oc2c(CNc3cccc4cccnc34)c(O)ccc12. The maximum absolute atomic E-state index is 13.7. The third-order valence-electron chi connectivity index (χ3n) is 9.28. The summed E-state index contributed by atoms with van der Waals surface area (Å²) in [4.78, 5) is 47.4. The van der Waals surface area contributed by atoms with Crippen molar-refractivity contribution in [1.29, 1.82) is 0 Å². The van der Waals surface area contributed by atoms with Crippen molar-refractivity contribution in [2.75, 3.05) is 17.7 Å². The van der Waals surface area contributed by atoms with Crippen LogP contribution in [0, 0.1) is 0 Å². The first-order chi connectivity index (χ1) is 25.8. The lowest BCUT2D eigenvalue weighted by molar-refractivity contribution is 0.0600. The maximum Gasteiger partial charge on any atom is 0.354 e. The second-order valence-corrected chi connectivity index (χ2v) is 12.3. The Balaban J connectivity index is 1.32. The minimum Gasteiger partial charge on any atom is -0.507 e. The second kappa shape index (κ2) is 13.5. The molecule has 0 amide bonds. The number of aromatic nitrogens is 2. The van der Waals surface area contributed by atoms with Gasteiger partial charge in [-0.15, -0.1) is 0 Å². The number of rotatable bonds is 9. The number of anilines is 2. The molecule has 1 aliphatic heterocycles. The molecule has 8 rings (SSSR count). The third kappa shape index (κ3) is 5.89. The molecule has 0 spiro atoms. The molecule has 2 aromatic heterocycles. The van der Waals surface area contributed by atoms with E-state index in [-0.39, 0.29) is 41.3 Å². The fourth-order valence-electron chi connectivity index (χ4n) is 6.74. The summed E-state index contributed by atoms with van der Waals surface area (Å²) in [7, 11) is 1.31. The highest BCUT2D eigenvalue weighted by molar-refractivity contribution is 6.09. The molecule has 0 saturated carbocycles. The van der Waals surface area contributed by atoms with Crippen molar-refractivity contribution in [3.8, 4) is 28.2 Å². The molecule has 4 aromatic carbocycles. The Bertz CT molecular complexity index is 2770. The maximum atomic E-state index is 13.7. The van der Waals surface area contributed by atoms with Crippen LogP contribution in [0.4, 0.5) is 11.4 Å². The van der Waals surface area contributed by atoms with E-state index in [0.29, 0.717) is 55.4 Å². The van der Waals surface area contributed by atoms with Crippen LogP contribution in [0.15, 0.2) is 125 Å². The molecule has 0 bridgehead atoms. The van der Waals surface area contributed by atoms with Gasteiger partial charge in [0.2, 0.25) is 0 Å².